The number of pyridine rings is 1. The number of aliphatic hydroxyl groups excluding tert-OH is 1. The highest BCUT2D eigenvalue weighted by Crippen LogP contribution is 2.26. The Morgan fingerprint density at radius 2 is 2.25 bits per heavy atom. The van der Waals surface area contributed by atoms with Gasteiger partial charge in [-0.1, -0.05) is 6.92 Å². The van der Waals surface area contributed by atoms with Crippen molar-refractivity contribution >= 4 is 28.9 Å². The van der Waals surface area contributed by atoms with Gasteiger partial charge in [0, 0.05) is 32.5 Å². The molecule has 0 saturated heterocycles. The minimum absolute atomic E-state index is 0.00178. The first-order valence-corrected chi connectivity index (χ1v) is 8.79. The van der Waals surface area contributed by atoms with Crippen LogP contribution in [0.1, 0.15) is 17.3 Å². The summed E-state index contributed by atoms with van der Waals surface area (Å²) in [5, 5.41) is 22.4. The molecule has 1 atom stereocenters. The van der Waals surface area contributed by atoms with Crippen molar-refractivity contribution in [3.8, 4) is 5.88 Å². The van der Waals surface area contributed by atoms with Crippen molar-refractivity contribution in [3.63, 3.8) is 0 Å². The zero-order valence-electron chi connectivity index (χ0n) is 15.9. The van der Waals surface area contributed by atoms with E-state index < -0.39 is 0 Å². The van der Waals surface area contributed by atoms with Gasteiger partial charge in [-0.05, 0) is 18.1 Å². The van der Waals surface area contributed by atoms with Crippen LogP contribution >= 0.6 is 0 Å². The highest BCUT2D eigenvalue weighted by Gasteiger charge is 2.18. The quantitative estimate of drug-likeness (QED) is 0.457. The first-order chi connectivity index (χ1) is 13.6. The van der Waals surface area contributed by atoms with Crippen molar-refractivity contribution in [1.82, 2.24) is 24.9 Å². The molecule has 10 heteroatoms. The minimum Gasteiger partial charge on any atom is -0.480 e. The maximum Gasteiger partial charge on any atom is 0.256 e. The summed E-state index contributed by atoms with van der Waals surface area (Å²) in [4.78, 5) is 21.2. The fraction of sp³-hybridized carbons (Fsp3) is 0.333. The molecule has 4 N–H and O–H groups in total. The van der Waals surface area contributed by atoms with E-state index in [-0.39, 0.29) is 18.4 Å². The summed E-state index contributed by atoms with van der Waals surface area (Å²) in [6.45, 7) is 2.20. The molecule has 0 fully saturated rings. The summed E-state index contributed by atoms with van der Waals surface area (Å²) >= 11 is 0. The van der Waals surface area contributed by atoms with Crippen molar-refractivity contribution in [1.29, 1.82) is 0 Å². The molecule has 0 bridgehead atoms. The van der Waals surface area contributed by atoms with Crippen molar-refractivity contribution in [3.05, 3.63) is 36.2 Å². The third-order valence-electron chi connectivity index (χ3n) is 4.12. The zero-order chi connectivity index (χ0) is 20.1. The number of aromatic nitrogens is 4. The van der Waals surface area contributed by atoms with Gasteiger partial charge in [0.2, 0.25) is 5.88 Å². The number of carbonyl (C=O) groups excluding carboxylic acids is 1. The van der Waals surface area contributed by atoms with Gasteiger partial charge in [0.15, 0.2) is 5.65 Å². The van der Waals surface area contributed by atoms with Crippen molar-refractivity contribution in [2.75, 3.05) is 37.9 Å². The zero-order valence-corrected chi connectivity index (χ0v) is 15.9. The molecular weight excluding hydrogens is 362 g/mol. The Morgan fingerprint density at radius 3 is 2.96 bits per heavy atom. The number of ether oxygens (including phenoxy) is 1. The van der Waals surface area contributed by atoms with Gasteiger partial charge in [-0.3, -0.25) is 4.79 Å². The molecule has 3 aromatic rings. The van der Waals surface area contributed by atoms with Crippen LogP contribution in [0.2, 0.25) is 0 Å². The smallest absolute Gasteiger partial charge is 0.256 e. The Hall–Kier alpha value is -3.40. The van der Waals surface area contributed by atoms with E-state index in [1.54, 1.807) is 29.9 Å². The van der Waals surface area contributed by atoms with E-state index in [0.717, 1.165) is 0 Å². The highest BCUT2D eigenvalue weighted by molar-refractivity contribution is 6.00. The number of anilines is 3. The molecule has 0 radical (unpaired) electrons. The number of amides is 1. The van der Waals surface area contributed by atoms with Crippen LogP contribution in [0, 0.1) is 5.92 Å². The number of fused-ring (bicyclic) bond motifs is 1. The van der Waals surface area contributed by atoms with E-state index in [2.05, 4.69) is 31.0 Å². The summed E-state index contributed by atoms with van der Waals surface area (Å²) in [6, 6.07) is 5.36. The number of carbonyl (C=O) groups is 1. The largest absolute Gasteiger partial charge is 0.480 e. The number of hydrogen-bond acceptors (Lipinski definition) is 8. The molecule has 28 heavy (non-hydrogen) atoms. The van der Waals surface area contributed by atoms with E-state index in [0.29, 0.717) is 41.0 Å². The molecule has 148 valence electrons. The number of nitrogens with one attached hydrogen (secondary N) is 3. The normalized spacial score (nSPS) is 11.9. The lowest BCUT2D eigenvalue weighted by Crippen LogP contribution is -2.29. The molecule has 0 aliphatic carbocycles. The lowest BCUT2D eigenvalue weighted by Gasteiger charge is -2.12. The van der Waals surface area contributed by atoms with Gasteiger partial charge in [-0.2, -0.15) is 9.61 Å². The summed E-state index contributed by atoms with van der Waals surface area (Å²) in [6.07, 6.45) is 3.10. The van der Waals surface area contributed by atoms with Crippen molar-refractivity contribution in [2.24, 2.45) is 5.92 Å². The van der Waals surface area contributed by atoms with E-state index in [4.69, 9.17) is 9.84 Å². The first-order valence-electron chi connectivity index (χ1n) is 8.79. The van der Waals surface area contributed by atoms with Crippen LogP contribution in [0.15, 0.2) is 30.6 Å². The summed E-state index contributed by atoms with van der Waals surface area (Å²) in [5.41, 5.74) is 1.38. The fourth-order valence-electron chi connectivity index (χ4n) is 2.58. The van der Waals surface area contributed by atoms with Gasteiger partial charge in [-0.25, -0.2) is 9.97 Å². The Balaban J connectivity index is 1.96. The van der Waals surface area contributed by atoms with E-state index in [1.807, 2.05) is 13.0 Å². The predicted molar refractivity (Wildman–Crippen MR) is 105 cm³/mol. The lowest BCUT2D eigenvalue weighted by molar-refractivity contribution is 0.0943. The van der Waals surface area contributed by atoms with Crippen molar-refractivity contribution in [2.45, 2.75) is 6.92 Å². The molecule has 0 unspecified atom stereocenters. The maximum atomic E-state index is 12.6. The van der Waals surface area contributed by atoms with Crippen LogP contribution in [0.5, 0.6) is 5.88 Å². The summed E-state index contributed by atoms with van der Waals surface area (Å²) in [7, 11) is 3.30. The van der Waals surface area contributed by atoms with Gasteiger partial charge < -0.3 is 25.8 Å². The van der Waals surface area contributed by atoms with Crippen LogP contribution in [0.3, 0.4) is 0 Å². The Kier molecular flexibility index (Phi) is 5.90. The fourth-order valence-corrected chi connectivity index (χ4v) is 2.58. The number of nitrogens with zero attached hydrogens (tertiary/aromatic N) is 4. The molecule has 3 rings (SSSR count). The van der Waals surface area contributed by atoms with Gasteiger partial charge in [-0.15, -0.1) is 0 Å². The average molecular weight is 385 g/mol. The summed E-state index contributed by atoms with van der Waals surface area (Å²) < 4.78 is 6.81. The Morgan fingerprint density at radius 1 is 1.43 bits per heavy atom. The van der Waals surface area contributed by atoms with Crippen LogP contribution in [-0.2, 0) is 0 Å². The van der Waals surface area contributed by atoms with E-state index in [9.17, 15) is 4.79 Å². The molecule has 0 spiro atoms. The van der Waals surface area contributed by atoms with Crippen molar-refractivity contribution < 1.29 is 14.6 Å². The van der Waals surface area contributed by atoms with Gasteiger partial charge in [0.1, 0.15) is 22.9 Å². The second-order valence-corrected chi connectivity index (χ2v) is 6.25. The van der Waals surface area contributed by atoms with Crippen LogP contribution in [0.4, 0.5) is 17.3 Å². The molecule has 10 nitrogen and oxygen atoms in total. The molecule has 0 aromatic carbocycles. The number of methoxy groups -OCH3 is 1. The third-order valence-corrected chi connectivity index (χ3v) is 4.12. The molecular formula is C18H23N7O3. The third kappa shape index (κ3) is 3.96. The number of rotatable bonds is 8. The van der Waals surface area contributed by atoms with Crippen LogP contribution in [0.25, 0.3) is 5.65 Å². The monoisotopic (exact) mass is 385 g/mol. The lowest BCUT2D eigenvalue weighted by atomic mass is 10.2. The van der Waals surface area contributed by atoms with Crippen LogP contribution in [-0.4, -0.2) is 57.9 Å². The Labute approximate surface area is 162 Å². The topological polar surface area (TPSA) is 126 Å². The SMILES string of the molecule is CNc1cc(Nc2cccnc2OC)nc2c(C(=O)NC[C@H](C)CO)cnn12. The van der Waals surface area contributed by atoms with Gasteiger partial charge >= 0.3 is 0 Å². The maximum absolute atomic E-state index is 12.6. The highest BCUT2D eigenvalue weighted by atomic mass is 16.5. The summed E-state index contributed by atoms with van der Waals surface area (Å²) in [5.74, 6) is 1.24. The molecule has 3 aromatic heterocycles. The first kappa shape index (κ1) is 19.4. The standard InChI is InChI=1S/C18H23N7O3/c1-11(10-26)8-21-17(27)12-9-22-25-15(19-2)7-14(24-16(12)25)23-13-5-4-6-20-18(13)28-3/h4-7,9,11,19,26H,8,10H2,1-3H3,(H,21,27)(H,23,24)/t11-/m0/s1. The van der Waals surface area contributed by atoms with E-state index in [1.165, 1.54) is 13.3 Å². The minimum atomic E-state index is -0.305. The molecule has 0 aliphatic heterocycles. The van der Waals surface area contributed by atoms with Gasteiger partial charge in [0.05, 0.1) is 13.3 Å². The second kappa shape index (κ2) is 8.53. The van der Waals surface area contributed by atoms with E-state index >= 15 is 0 Å². The second-order valence-electron chi connectivity index (χ2n) is 6.25. The van der Waals surface area contributed by atoms with Crippen LogP contribution < -0.4 is 20.7 Å². The molecule has 0 saturated carbocycles. The number of aliphatic hydroxyl groups is 1. The molecule has 3 heterocycles. The molecule has 1 amide bonds. The van der Waals surface area contributed by atoms with Gasteiger partial charge in [0.25, 0.3) is 5.91 Å². The number of hydrogen-bond donors (Lipinski definition) is 4. The molecule has 0 aliphatic rings. The Bertz CT molecular complexity index is 973. The average Bonchev–Trinajstić information content (AvgIpc) is 3.15. The predicted octanol–water partition coefficient (Wildman–Crippen LogP) is 1.28.